The number of hydrogen-bond acceptors (Lipinski definition) is 2. The number of nitrogens with one attached hydrogen (secondary N) is 1. The first-order chi connectivity index (χ1) is 11.0. The lowest BCUT2D eigenvalue weighted by Gasteiger charge is -2.06. The van der Waals surface area contributed by atoms with E-state index in [0.717, 1.165) is 12.1 Å². The fourth-order valence-corrected chi connectivity index (χ4v) is 2.32. The maximum atomic E-state index is 13.7. The summed E-state index contributed by atoms with van der Waals surface area (Å²) < 4.78 is 41.6. The van der Waals surface area contributed by atoms with Gasteiger partial charge in [-0.25, -0.2) is 18.2 Å². The molecule has 0 radical (unpaired) electrons. The second-order valence-electron chi connectivity index (χ2n) is 4.86. The van der Waals surface area contributed by atoms with Gasteiger partial charge in [-0.1, -0.05) is 13.0 Å². The van der Waals surface area contributed by atoms with Gasteiger partial charge in [0.15, 0.2) is 23.1 Å². The van der Waals surface area contributed by atoms with Crippen LogP contribution in [0, 0.1) is 17.5 Å². The van der Waals surface area contributed by atoms with Gasteiger partial charge in [0.25, 0.3) is 5.91 Å². The van der Waals surface area contributed by atoms with Crippen LogP contribution >= 0.6 is 0 Å². The number of carbonyl (C=O) groups excluding carboxylic acids is 1. The number of fused-ring (bicyclic) bond motifs is 1. The molecule has 0 fully saturated rings. The summed E-state index contributed by atoms with van der Waals surface area (Å²) in [6.45, 7) is 1.89. The number of anilines is 1. The number of halogens is 3. The Morgan fingerprint density at radius 1 is 1.17 bits per heavy atom. The third-order valence-corrected chi connectivity index (χ3v) is 3.44. The third kappa shape index (κ3) is 2.54. The van der Waals surface area contributed by atoms with Gasteiger partial charge in [-0.05, 0) is 24.3 Å². The molecule has 0 bridgehead atoms. The van der Waals surface area contributed by atoms with Gasteiger partial charge in [0, 0.05) is 12.6 Å². The van der Waals surface area contributed by atoms with Crippen LogP contribution in [0.5, 0.6) is 0 Å². The van der Waals surface area contributed by atoms with Gasteiger partial charge in [-0.2, -0.15) is 0 Å². The Labute approximate surface area is 129 Å². The van der Waals surface area contributed by atoms with Crippen molar-refractivity contribution >= 4 is 17.1 Å². The van der Waals surface area contributed by atoms with E-state index in [0.29, 0.717) is 17.8 Å². The maximum absolute atomic E-state index is 13.7. The van der Waals surface area contributed by atoms with Gasteiger partial charge in [0.05, 0.1) is 11.2 Å². The summed E-state index contributed by atoms with van der Waals surface area (Å²) in [6.07, 6.45) is 2.36. The van der Waals surface area contributed by atoms with E-state index >= 15 is 0 Å². The lowest BCUT2D eigenvalue weighted by molar-refractivity contribution is 0.102. The summed E-state index contributed by atoms with van der Waals surface area (Å²) >= 11 is 0. The lowest BCUT2D eigenvalue weighted by Crippen LogP contribution is -2.15. The van der Waals surface area contributed by atoms with Crippen molar-refractivity contribution < 1.29 is 18.0 Å². The fourth-order valence-electron chi connectivity index (χ4n) is 2.32. The van der Waals surface area contributed by atoms with Crippen LogP contribution in [0.2, 0.25) is 0 Å². The van der Waals surface area contributed by atoms with Crippen LogP contribution in [-0.4, -0.2) is 15.3 Å². The van der Waals surface area contributed by atoms with Gasteiger partial charge in [0.2, 0.25) is 0 Å². The fraction of sp³-hybridized carbons (Fsp3) is 0.125. The van der Waals surface area contributed by atoms with E-state index in [2.05, 4.69) is 10.3 Å². The van der Waals surface area contributed by atoms with Crippen molar-refractivity contribution in [1.29, 1.82) is 0 Å². The molecule has 118 valence electrons. The van der Waals surface area contributed by atoms with Crippen LogP contribution in [0.4, 0.5) is 18.9 Å². The Bertz CT molecular complexity index is 905. The zero-order valence-electron chi connectivity index (χ0n) is 12.1. The van der Waals surface area contributed by atoms with Gasteiger partial charge in [0.1, 0.15) is 5.82 Å². The Morgan fingerprint density at radius 2 is 1.96 bits per heavy atom. The van der Waals surface area contributed by atoms with E-state index in [1.807, 2.05) is 6.92 Å². The molecular formula is C16H12F3N3O. The van der Waals surface area contributed by atoms with Gasteiger partial charge in [-0.3, -0.25) is 4.79 Å². The minimum Gasteiger partial charge on any atom is -0.318 e. The molecular weight excluding hydrogens is 307 g/mol. The molecule has 3 rings (SSSR count). The van der Waals surface area contributed by atoms with Crippen LogP contribution in [0.1, 0.15) is 23.2 Å². The molecule has 0 atom stereocenters. The summed E-state index contributed by atoms with van der Waals surface area (Å²) in [6, 6.07) is 6.94. The molecule has 0 unspecified atom stereocenters. The molecule has 1 aromatic carbocycles. The minimum absolute atomic E-state index is 0.0894. The molecule has 0 aliphatic heterocycles. The minimum atomic E-state index is -1.63. The third-order valence-electron chi connectivity index (χ3n) is 3.44. The first-order valence-electron chi connectivity index (χ1n) is 6.93. The maximum Gasteiger partial charge on any atom is 0.276 e. The number of imidazole rings is 1. The second kappa shape index (κ2) is 5.75. The highest BCUT2D eigenvalue weighted by molar-refractivity contribution is 6.07. The molecule has 0 aliphatic carbocycles. The normalized spacial score (nSPS) is 11.0. The van der Waals surface area contributed by atoms with E-state index in [1.165, 1.54) is 0 Å². The first-order valence-corrected chi connectivity index (χ1v) is 6.93. The van der Waals surface area contributed by atoms with Crippen molar-refractivity contribution in [2.45, 2.75) is 13.3 Å². The molecule has 0 saturated carbocycles. The predicted octanol–water partition coefficient (Wildman–Crippen LogP) is 3.57. The number of aromatic nitrogens is 2. The summed E-state index contributed by atoms with van der Waals surface area (Å²) in [7, 11) is 0. The molecule has 4 nitrogen and oxygen atoms in total. The Kier molecular flexibility index (Phi) is 3.77. The Hall–Kier alpha value is -2.83. The predicted molar refractivity (Wildman–Crippen MR) is 78.8 cm³/mol. The second-order valence-corrected chi connectivity index (χ2v) is 4.86. The highest BCUT2D eigenvalue weighted by Crippen LogP contribution is 2.21. The van der Waals surface area contributed by atoms with Crippen LogP contribution in [0.3, 0.4) is 0 Å². The van der Waals surface area contributed by atoms with Gasteiger partial charge >= 0.3 is 0 Å². The lowest BCUT2D eigenvalue weighted by atomic mass is 10.2. The number of benzene rings is 1. The summed E-state index contributed by atoms with van der Waals surface area (Å²) in [4.78, 5) is 16.6. The number of nitrogens with zero attached hydrogens (tertiary/aromatic N) is 2. The standard InChI is InChI=1S/C16H12F3N3O/c1-2-12-21-15(11-5-3-4-8-22(11)12)16(23)20-10-7-6-9(17)13(18)14(10)19/h3-8H,2H2,1H3,(H,20,23). The summed E-state index contributed by atoms with van der Waals surface area (Å²) in [5.41, 5.74) is 0.195. The average Bonchev–Trinajstić information content (AvgIpc) is 2.94. The zero-order chi connectivity index (χ0) is 16.6. The van der Waals surface area contributed by atoms with Gasteiger partial charge < -0.3 is 9.72 Å². The summed E-state index contributed by atoms with van der Waals surface area (Å²) in [5.74, 6) is -4.43. The molecule has 3 aromatic rings. The van der Waals surface area contributed by atoms with Crippen molar-refractivity contribution in [2.24, 2.45) is 0 Å². The smallest absolute Gasteiger partial charge is 0.276 e. The number of carbonyl (C=O) groups is 1. The molecule has 1 amide bonds. The van der Waals surface area contributed by atoms with Gasteiger partial charge in [-0.15, -0.1) is 0 Å². The molecule has 0 saturated heterocycles. The molecule has 1 N–H and O–H groups in total. The largest absolute Gasteiger partial charge is 0.318 e. The molecule has 0 spiro atoms. The molecule has 2 heterocycles. The molecule has 0 aliphatic rings. The quantitative estimate of drug-likeness (QED) is 0.750. The van der Waals surface area contributed by atoms with Crippen molar-refractivity contribution in [2.75, 3.05) is 5.32 Å². The average molecular weight is 319 g/mol. The monoisotopic (exact) mass is 319 g/mol. The van der Waals surface area contributed by atoms with Crippen LogP contribution < -0.4 is 5.32 Å². The first kappa shape index (κ1) is 15.1. The van der Waals surface area contributed by atoms with E-state index < -0.39 is 29.0 Å². The van der Waals surface area contributed by atoms with Crippen LogP contribution in [0.15, 0.2) is 36.5 Å². The van der Waals surface area contributed by atoms with E-state index in [4.69, 9.17) is 0 Å². The molecule has 23 heavy (non-hydrogen) atoms. The van der Waals surface area contributed by atoms with E-state index in [9.17, 15) is 18.0 Å². The number of aryl methyl sites for hydroxylation is 1. The summed E-state index contributed by atoms with van der Waals surface area (Å²) in [5, 5.41) is 2.23. The van der Waals surface area contributed by atoms with E-state index in [1.54, 1.807) is 28.8 Å². The molecule has 7 heteroatoms. The SMILES string of the molecule is CCc1nc(C(=O)Nc2ccc(F)c(F)c2F)c2ccccn12. The number of rotatable bonds is 3. The zero-order valence-corrected chi connectivity index (χ0v) is 12.1. The number of pyridine rings is 1. The Balaban J connectivity index is 2.00. The Morgan fingerprint density at radius 3 is 2.70 bits per heavy atom. The van der Waals surface area contributed by atoms with Crippen LogP contribution in [-0.2, 0) is 6.42 Å². The van der Waals surface area contributed by atoms with Crippen LogP contribution in [0.25, 0.3) is 5.52 Å². The molecule has 2 aromatic heterocycles. The topological polar surface area (TPSA) is 46.4 Å². The van der Waals surface area contributed by atoms with Crippen molar-refractivity contribution in [3.8, 4) is 0 Å². The van der Waals surface area contributed by atoms with Crippen molar-refractivity contribution in [3.05, 3.63) is 65.5 Å². The highest BCUT2D eigenvalue weighted by Gasteiger charge is 2.20. The highest BCUT2D eigenvalue weighted by atomic mass is 19.2. The number of hydrogen-bond donors (Lipinski definition) is 1. The van der Waals surface area contributed by atoms with Crippen molar-refractivity contribution in [1.82, 2.24) is 9.38 Å². The van der Waals surface area contributed by atoms with E-state index in [-0.39, 0.29) is 5.69 Å². The van der Waals surface area contributed by atoms with Crippen molar-refractivity contribution in [3.63, 3.8) is 0 Å². The number of amides is 1.